The second kappa shape index (κ2) is 10.7. The highest BCUT2D eigenvalue weighted by molar-refractivity contribution is 5.80. The Hall–Kier alpha value is -2.08. The van der Waals surface area contributed by atoms with E-state index in [1.165, 1.54) is 98.5 Å². The molecule has 0 aromatic heterocycles. The molecule has 0 bridgehead atoms. The highest BCUT2D eigenvalue weighted by Gasteiger charge is 2.24. The monoisotopic (exact) mass is 452 g/mol. The van der Waals surface area contributed by atoms with Gasteiger partial charge in [0.1, 0.15) is 0 Å². The molecule has 2 saturated carbocycles. The predicted octanol–water partition coefficient (Wildman–Crippen LogP) is 9.92. The Morgan fingerprint density at radius 3 is 2.59 bits per heavy atom. The first kappa shape index (κ1) is 23.7. The van der Waals surface area contributed by atoms with E-state index in [0.29, 0.717) is 5.92 Å². The van der Waals surface area contributed by atoms with Crippen LogP contribution in [0.1, 0.15) is 106 Å². The minimum absolute atomic E-state index is 0.623. The van der Waals surface area contributed by atoms with Crippen LogP contribution in [0.4, 0.5) is 0 Å². The van der Waals surface area contributed by atoms with E-state index < -0.39 is 0 Å². The van der Waals surface area contributed by atoms with E-state index in [-0.39, 0.29) is 0 Å². The molecule has 0 spiro atoms. The van der Waals surface area contributed by atoms with Crippen LogP contribution in [0.3, 0.4) is 0 Å². The number of benzene rings is 2. The van der Waals surface area contributed by atoms with E-state index in [1.807, 2.05) is 0 Å². The van der Waals surface area contributed by atoms with Crippen molar-refractivity contribution in [3.63, 3.8) is 0 Å². The molecule has 0 N–H and O–H groups in total. The Balaban J connectivity index is 1.42. The lowest BCUT2D eigenvalue weighted by molar-refractivity contribution is 0.436. The van der Waals surface area contributed by atoms with Gasteiger partial charge in [-0.2, -0.15) is 0 Å². The summed E-state index contributed by atoms with van der Waals surface area (Å²) in [5.41, 5.74) is 10.5. The fourth-order valence-corrected chi connectivity index (χ4v) is 6.96. The Morgan fingerprint density at radius 2 is 1.76 bits per heavy atom. The summed E-state index contributed by atoms with van der Waals surface area (Å²) in [6.07, 6.45) is 20.8. The summed E-state index contributed by atoms with van der Waals surface area (Å²) in [5, 5.41) is 0. The normalized spacial score (nSPS) is 23.1. The van der Waals surface area contributed by atoms with Crippen molar-refractivity contribution in [1.82, 2.24) is 0 Å². The molecule has 2 atom stereocenters. The smallest absolute Gasteiger partial charge is 0.00879 e. The van der Waals surface area contributed by atoms with Gasteiger partial charge in [0, 0.05) is 0 Å². The maximum atomic E-state index is 4.46. The van der Waals surface area contributed by atoms with Crippen LogP contribution in [-0.2, 0) is 12.8 Å². The molecule has 0 aliphatic heterocycles. The zero-order valence-electron chi connectivity index (χ0n) is 21.6. The van der Waals surface area contributed by atoms with Gasteiger partial charge in [0.15, 0.2) is 0 Å². The molecule has 5 rings (SSSR count). The minimum Gasteiger partial charge on any atom is -0.0993 e. The van der Waals surface area contributed by atoms with Gasteiger partial charge in [-0.25, -0.2) is 0 Å². The Kier molecular flexibility index (Phi) is 7.43. The Labute approximate surface area is 208 Å². The van der Waals surface area contributed by atoms with E-state index in [9.17, 15) is 0 Å². The van der Waals surface area contributed by atoms with Crippen molar-refractivity contribution in [2.75, 3.05) is 0 Å². The average Bonchev–Trinajstić information content (AvgIpc) is 3.23. The lowest BCUT2D eigenvalue weighted by Crippen LogP contribution is -2.09. The minimum atomic E-state index is 0.623. The van der Waals surface area contributed by atoms with Crippen molar-refractivity contribution in [3.8, 4) is 11.1 Å². The standard InChI is InChI=1S/C34H44/c1-24(2)25(3)28-13-7-10-26(18-19-28)20-27-21-31(29-11-5-4-6-12-29)23-32(22-27)34-17-9-15-30-14-8-16-33(30)34/h8-9,15-17,21-24,26,28-29H,3-7,10-14,18-20H2,1-2H3. The third kappa shape index (κ3) is 5.27. The van der Waals surface area contributed by atoms with Gasteiger partial charge in [-0.1, -0.05) is 107 Å². The van der Waals surface area contributed by atoms with Crippen LogP contribution in [-0.4, -0.2) is 0 Å². The van der Waals surface area contributed by atoms with Gasteiger partial charge in [0.2, 0.25) is 0 Å². The molecule has 0 heteroatoms. The van der Waals surface area contributed by atoms with Crippen LogP contribution in [0.2, 0.25) is 0 Å². The molecule has 180 valence electrons. The maximum absolute atomic E-state index is 4.46. The van der Waals surface area contributed by atoms with E-state index in [4.69, 9.17) is 0 Å². The Morgan fingerprint density at radius 1 is 0.912 bits per heavy atom. The topological polar surface area (TPSA) is 0 Å². The van der Waals surface area contributed by atoms with Crippen molar-refractivity contribution < 1.29 is 0 Å². The summed E-state index contributed by atoms with van der Waals surface area (Å²) < 4.78 is 0. The summed E-state index contributed by atoms with van der Waals surface area (Å²) in [7, 11) is 0. The molecule has 34 heavy (non-hydrogen) atoms. The molecule has 0 amide bonds. The summed E-state index contributed by atoms with van der Waals surface area (Å²) in [6.45, 7) is 9.10. The van der Waals surface area contributed by atoms with Crippen LogP contribution in [0.15, 0.2) is 54.6 Å². The summed E-state index contributed by atoms with van der Waals surface area (Å²) in [6, 6.07) is 14.6. The zero-order valence-corrected chi connectivity index (χ0v) is 21.6. The number of fused-ring (bicyclic) bond motifs is 1. The largest absolute Gasteiger partial charge is 0.0993 e. The van der Waals surface area contributed by atoms with Gasteiger partial charge >= 0.3 is 0 Å². The van der Waals surface area contributed by atoms with E-state index in [2.05, 4.69) is 69.0 Å². The van der Waals surface area contributed by atoms with Gasteiger partial charge in [0.05, 0.1) is 0 Å². The third-order valence-corrected chi connectivity index (χ3v) is 9.10. The highest BCUT2D eigenvalue weighted by atomic mass is 14.3. The van der Waals surface area contributed by atoms with Crippen LogP contribution in [0, 0.1) is 17.8 Å². The molecular weight excluding hydrogens is 408 g/mol. The summed E-state index contributed by atoms with van der Waals surface area (Å²) in [5.74, 6) is 2.94. The van der Waals surface area contributed by atoms with Gasteiger partial charge in [-0.15, -0.1) is 0 Å². The van der Waals surface area contributed by atoms with Crippen molar-refractivity contribution in [3.05, 3.63) is 76.9 Å². The first-order valence-electron chi connectivity index (χ1n) is 14.2. The fourth-order valence-electron chi connectivity index (χ4n) is 6.96. The maximum Gasteiger partial charge on any atom is -0.00879 e. The molecule has 0 radical (unpaired) electrons. The average molecular weight is 453 g/mol. The summed E-state index contributed by atoms with van der Waals surface area (Å²) in [4.78, 5) is 0. The molecule has 2 fully saturated rings. The molecular formula is C34H44. The van der Waals surface area contributed by atoms with Crippen LogP contribution >= 0.6 is 0 Å². The van der Waals surface area contributed by atoms with Crippen molar-refractivity contribution in [2.24, 2.45) is 17.8 Å². The predicted molar refractivity (Wildman–Crippen MR) is 148 cm³/mol. The second-order valence-electron chi connectivity index (χ2n) is 11.8. The molecule has 2 aromatic rings. The number of allylic oxidation sites excluding steroid dienone is 2. The van der Waals surface area contributed by atoms with Crippen molar-refractivity contribution in [1.29, 1.82) is 0 Å². The SMILES string of the molecule is C=C(C(C)C)C1CCCC(Cc2cc(-c3cccc4c3C=CC4)cc(C3CCCCC3)c2)CC1. The van der Waals surface area contributed by atoms with Gasteiger partial charge in [-0.3, -0.25) is 0 Å². The van der Waals surface area contributed by atoms with E-state index in [1.54, 1.807) is 11.1 Å². The second-order valence-corrected chi connectivity index (χ2v) is 11.8. The molecule has 0 saturated heterocycles. The zero-order chi connectivity index (χ0) is 23.5. The van der Waals surface area contributed by atoms with E-state index in [0.717, 1.165) is 24.2 Å². The van der Waals surface area contributed by atoms with Crippen molar-refractivity contribution >= 4 is 6.08 Å². The fraction of sp³-hybridized carbons (Fsp3) is 0.529. The van der Waals surface area contributed by atoms with Gasteiger partial charge < -0.3 is 0 Å². The van der Waals surface area contributed by atoms with Gasteiger partial charge in [-0.05, 0) is 102 Å². The first-order valence-corrected chi connectivity index (χ1v) is 14.2. The molecule has 0 heterocycles. The number of hydrogen-bond acceptors (Lipinski definition) is 0. The van der Waals surface area contributed by atoms with Gasteiger partial charge in [0.25, 0.3) is 0 Å². The lowest BCUT2D eigenvalue weighted by Gasteiger charge is -2.24. The third-order valence-electron chi connectivity index (χ3n) is 9.10. The van der Waals surface area contributed by atoms with Crippen LogP contribution in [0.25, 0.3) is 17.2 Å². The lowest BCUT2D eigenvalue weighted by atomic mass is 9.81. The quantitative estimate of drug-likeness (QED) is 0.302. The van der Waals surface area contributed by atoms with Crippen molar-refractivity contribution in [2.45, 2.75) is 96.8 Å². The first-order chi connectivity index (χ1) is 16.6. The molecule has 3 aliphatic rings. The van der Waals surface area contributed by atoms with E-state index >= 15 is 0 Å². The summed E-state index contributed by atoms with van der Waals surface area (Å²) >= 11 is 0. The molecule has 2 unspecified atom stereocenters. The number of rotatable bonds is 6. The molecule has 2 aromatic carbocycles. The van der Waals surface area contributed by atoms with Crippen LogP contribution < -0.4 is 0 Å². The molecule has 3 aliphatic carbocycles. The molecule has 0 nitrogen and oxygen atoms in total. The number of hydrogen-bond donors (Lipinski definition) is 0. The Bertz CT molecular complexity index is 1030. The highest BCUT2D eigenvalue weighted by Crippen LogP contribution is 2.39. The van der Waals surface area contributed by atoms with Crippen LogP contribution in [0.5, 0.6) is 0 Å².